The van der Waals surface area contributed by atoms with Crippen molar-refractivity contribution in [1.82, 2.24) is 4.98 Å². The maximum Gasteiger partial charge on any atom is 0.126 e. The maximum absolute atomic E-state index is 4.36. The Morgan fingerprint density at radius 1 is 1.41 bits per heavy atom. The Morgan fingerprint density at radius 3 is 2.88 bits per heavy atom. The summed E-state index contributed by atoms with van der Waals surface area (Å²) in [6.45, 7) is 2.21. The van der Waals surface area contributed by atoms with E-state index in [1.54, 1.807) is 11.3 Å². The second-order valence-corrected chi connectivity index (χ2v) is 5.76. The van der Waals surface area contributed by atoms with Gasteiger partial charge >= 0.3 is 0 Å². The number of nitrogens with one attached hydrogen (secondary N) is 1. The SMILES string of the molecule is CCCC(Nc1ccc(Br)cn1)c1cccs1. The van der Waals surface area contributed by atoms with E-state index in [0.717, 1.165) is 23.1 Å². The fourth-order valence-electron chi connectivity index (χ4n) is 1.70. The van der Waals surface area contributed by atoms with E-state index in [-0.39, 0.29) is 0 Å². The number of rotatable bonds is 5. The van der Waals surface area contributed by atoms with Gasteiger partial charge in [-0.15, -0.1) is 11.3 Å². The minimum absolute atomic E-state index is 0.369. The van der Waals surface area contributed by atoms with Gasteiger partial charge < -0.3 is 5.32 Å². The van der Waals surface area contributed by atoms with Crippen LogP contribution in [0.5, 0.6) is 0 Å². The molecular formula is C13H15BrN2S. The molecular weight excluding hydrogens is 296 g/mol. The molecule has 0 amide bonds. The third kappa shape index (κ3) is 3.54. The van der Waals surface area contributed by atoms with Gasteiger partial charge in [0.15, 0.2) is 0 Å². The summed E-state index contributed by atoms with van der Waals surface area (Å²) >= 11 is 5.19. The first-order valence-corrected chi connectivity index (χ1v) is 7.38. The molecule has 0 bridgehead atoms. The number of aromatic nitrogens is 1. The van der Waals surface area contributed by atoms with Gasteiger partial charge in [-0.05, 0) is 45.9 Å². The molecule has 2 aromatic heterocycles. The Morgan fingerprint density at radius 2 is 2.29 bits per heavy atom. The first-order chi connectivity index (χ1) is 8.29. The van der Waals surface area contributed by atoms with Gasteiger partial charge in [0.1, 0.15) is 5.82 Å². The van der Waals surface area contributed by atoms with Crippen molar-refractivity contribution in [3.05, 3.63) is 45.2 Å². The molecule has 4 heteroatoms. The third-order valence-corrected chi connectivity index (χ3v) is 3.97. The standard InChI is InChI=1S/C13H15BrN2S/c1-2-4-11(12-5-3-8-17-12)16-13-7-6-10(14)9-15-13/h3,5-9,11H,2,4H2,1H3,(H,15,16). The topological polar surface area (TPSA) is 24.9 Å². The van der Waals surface area contributed by atoms with Gasteiger partial charge in [-0.25, -0.2) is 4.98 Å². The van der Waals surface area contributed by atoms with Gasteiger partial charge in [0.2, 0.25) is 0 Å². The van der Waals surface area contributed by atoms with Crippen LogP contribution in [-0.4, -0.2) is 4.98 Å². The summed E-state index contributed by atoms with van der Waals surface area (Å²) in [6.07, 6.45) is 4.10. The largest absolute Gasteiger partial charge is 0.362 e. The van der Waals surface area contributed by atoms with E-state index < -0.39 is 0 Å². The van der Waals surface area contributed by atoms with Crippen LogP contribution in [0, 0.1) is 0 Å². The van der Waals surface area contributed by atoms with Crippen LogP contribution in [0.25, 0.3) is 0 Å². The summed E-state index contributed by atoms with van der Waals surface area (Å²) in [5, 5.41) is 5.61. The Hall–Kier alpha value is -0.870. The highest BCUT2D eigenvalue weighted by molar-refractivity contribution is 9.10. The minimum atomic E-state index is 0.369. The first-order valence-electron chi connectivity index (χ1n) is 5.71. The lowest BCUT2D eigenvalue weighted by molar-refractivity contribution is 0.684. The van der Waals surface area contributed by atoms with E-state index >= 15 is 0 Å². The van der Waals surface area contributed by atoms with Crippen molar-refractivity contribution < 1.29 is 0 Å². The molecule has 0 spiro atoms. The molecule has 0 saturated heterocycles. The molecule has 0 fully saturated rings. The molecule has 0 radical (unpaired) electrons. The normalized spacial score (nSPS) is 12.4. The highest BCUT2D eigenvalue weighted by atomic mass is 79.9. The highest BCUT2D eigenvalue weighted by Gasteiger charge is 2.11. The van der Waals surface area contributed by atoms with E-state index in [9.17, 15) is 0 Å². The monoisotopic (exact) mass is 310 g/mol. The number of pyridine rings is 1. The quantitative estimate of drug-likeness (QED) is 0.853. The Labute approximate surface area is 114 Å². The summed E-state index contributed by atoms with van der Waals surface area (Å²) in [5.74, 6) is 0.931. The van der Waals surface area contributed by atoms with Gasteiger partial charge in [0, 0.05) is 15.5 Å². The number of nitrogens with zero attached hydrogens (tertiary/aromatic N) is 1. The predicted molar refractivity (Wildman–Crippen MR) is 77.5 cm³/mol. The number of thiophene rings is 1. The highest BCUT2D eigenvalue weighted by Crippen LogP contribution is 2.26. The summed E-state index contributed by atoms with van der Waals surface area (Å²) in [6, 6.07) is 8.65. The van der Waals surface area contributed by atoms with Crippen molar-refractivity contribution >= 4 is 33.1 Å². The molecule has 0 aliphatic heterocycles. The Balaban J connectivity index is 2.10. The van der Waals surface area contributed by atoms with Crippen LogP contribution in [-0.2, 0) is 0 Å². The van der Waals surface area contributed by atoms with Gasteiger partial charge in [0.05, 0.1) is 6.04 Å². The summed E-state index contributed by atoms with van der Waals surface area (Å²) in [7, 11) is 0. The van der Waals surface area contributed by atoms with Crippen molar-refractivity contribution in [2.45, 2.75) is 25.8 Å². The van der Waals surface area contributed by atoms with Crippen LogP contribution >= 0.6 is 27.3 Å². The molecule has 2 aromatic rings. The van der Waals surface area contributed by atoms with E-state index in [4.69, 9.17) is 0 Å². The number of hydrogen-bond donors (Lipinski definition) is 1. The number of halogens is 1. The molecule has 1 atom stereocenters. The number of hydrogen-bond acceptors (Lipinski definition) is 3. The van der Waals surface area contributed by atoms with Gasteiger partial charge in [-0.3, -0.25) is 0 Å². The zero-order valence-corrected chi connectivity index (χ0v) is 12.1. The molecule has 90 valence electrons. The second kappa shape index (κ2) is 6.17. The average Bonchev–Trinajstić information content (AvgIpc) is 2.85. The van der Waals surface area contributed by atoms with E-state index in [1.807, 2.05) is 18.3 Å². The van der Waals surface area contributed by atoms with Crippen molar-refractivity contribution in [3.8, 4) is 0 Å². The van der Waals surface area contributed by atoms with E-state index in [2.05, 4.69) is 50.7 Å². The fourth-order valence-corrected chi connectivity index (χ4v) is 2.75. The Kier molecular flexibility index (Phi) is 4.57. The molecule has 0 aromatic carbocycles. The van der Waals surface area contributed by atoms with Crippen LogP contribution in [0.3, 0.4) is 0 Å². The summed E-state index contributed by atoms with van der Waals surface area (Å²) in [4.78, 5) is 5.73. The maximum atomic E-state index is 4.36. The van der Waals surface area contributed by atoms with Crippen LogP contribution in [0.15, 0.2) is 40.3 Å². The Bertz CT molecular complexity index is 439. The van der Waals surface area contributed by atoms with Crippen LogP contribution in [0.4, 0.5) is 5.82 Å². The zero-order chi connectivity index (χ0) is 12.1. The molecule has 0 aliphatic carbocycles. The van der Waals surface area contributed by atoms with Gasteiger partial charge in [0.25, 0.3) is 0 Å². The predicted octanol–water partition coefficient (Wildman–Crippen LogP) is 4.86. The average molecular weight is 311 g/mol. The fraction of sp³-hybridized carbons (Fsp3) is 0.308. The van der Waals surface area contributed by atoms with E-state index in [0.29, 0.717) is 6.04 Å². The smallest absolute Gasteiger partial charge is 0.126 e. The van der Waals surface area contributed by atoms with Crippen molar-refractivity contribution in [2.75, 3.05) is 5.32 Å². The molecule has 2 nitrogen and oxygen atoms in total. The van der Waals surface area contributed by atoms with Crippen LogP contribution in [0.2, 0.25) is 0 Å². The number of anilines is 1. The molecule has 1 N–H and O–H groups in total. The van der Waals surface area contributed by atoms with Crippen LogP contribution in [0.1, 0.15) is 30.7 Å². The second-order valence-electron chi connectivity index (χ2n) is 3.86. The molecule has 0 aliphatic rings. The van der Waals surface area contributed by atoms with Gasteiger partial charge in [-0.2, -0.15) is 0 Å². The lowest BCUT2D eigenvalue weighted by atomic mass is 10.1. The minimum Gasteiger partial charge on any atom is -0.362 e. The molecule has 0 saturated carbocycles. The molecule has 17 heavy (non-hydrogen) atoms. The van der Waals surface area contributed by atoms with Crippen molar-refractivity contribution in [1.29, 1.82) is 0 Å². The zero-order valence-electron chi connectivity index (χ0n) is 9.69. The van der Waals surface area contributed by atoms with Crippen molar-refractivity contribution in [2.24, 2.45) is 0 Å². The lowest BCUT2D eigenvalue weighted by Gasteiger charge is -2.17. The van der Waals surface area contributed by atoms with E-state index in [1.165, 1.54) is 4.88 Å². The lowest BCUT2D eigenvalue weighted by Crippen LogP contribution is -2.09. The molecule has 2 rings (SSSR count). The first kappa shape index (κ1) is 12.6. The molecule has 2 heterocycles. The third-order valence-electron chi connectivity index (χ3n) is 2.51. The molecule has 1 unspecified atom stereocenters. The summed E-state index contributed by atoms with van der Waals surface area (Å²) < 4.78 is 1.01. The van der Waals surface area contributed by atoms with Crippen LogP contribution < -0.4 is 5.32 Å². The van der Waals surface area contributed by atoms with Crippen molar-refractivity contribution in [3.63, 3.8) is 0 Å². The van der Waals surface area contributed by atoms with Gasteiger partial charge in [-0.1, -0.05) is 19.4 Å². The summed E-state index contributed by atoms with van der Waals surface area (Å²) in [5.41, 5.74) is 0.